The van der Waals surface area contributed by atoms with Crippen LogP contribution in [0.4, 0.5) is 11.8 Å². The first-order valence-electron chi connectivity index (χ1n) is 6.16. The molecule has 0 spiro atoms. The van der Waals surface area contributed by atoms with Crippen LogP contribution in [0.15, 0.2) is 29.2 Å². The lowest BCUT2D eigenvalue weighted by Crippen LogP contribution is -2.06. The zero-order valence-corrected chi connectivity index (χ0v) is 10.9. The smallest absolute Gasteiger partial charge is 0.323 e. The van der Waals surface area contributed by atoms with Gasteiger partial charge in [0.1, 0.15) is 5.82 Å². The van der Waals surface area contributed by atoms with Crippen molar-refractivity contribution in [1.82, 2.24) is 19.9 Å². The summed E-state index contributed by atoms with van der Waals surface area (Å²) in [7, 11) is 0. The number of aryl methyl sites for hydroxylation is 1. The van der Waals surface area contributed by atoms with Crippen LogP contribution >= 0.6 is 0 Å². The number of benzene rings is 1. The Morgan fingerprint density at radius 1 is 1.30 bits per heavy atom. The normalized spacial score (nSPS) is 10.8. The maximum atomic E-state index is 11.2. The van der Waals surface area contributed by atoms with Crippen molar-refractivity contribution in [2.75, 3.05) is 11.1 Å². The summed E-state index contributed by atoms with van der Waals surface area (Å²) in [5, 5.41) is 3.10. The van der Waals surface area contributed by atoms with Gasteiger partial charge < -0.3 is 21.0 Å². The van der Waals surface area contributed by atoms with Gasteiger partial charge in [-0.05, 0) is 24.6 Å². The lowest BCUT2D eigenvalue weighted by atomic mass is 10.2. The van der Waals surface area contributed by atoms with Gasteiger partial charge in [0, 0.05) is 18.3 Å². The number of hydrogen-bond acceptors (Lipinski definition) is 5. The van der Waals surface area contributed by atoms with Crippen LogP contribution in [0, 0.1) is 6.92 Å². The van der Waals surface area contributed by atoms with Crippen molar-refractivity contribution >= 4 is 22.8 Å². The van der Waals surface area contributed by atoms with E-state index in [-0.39, 0.29) is 5.69 Å². The Hall–Kier alpha value is -2.83. The molecule has 0 saturated heterocycles. The zero-order valence-electron chi connectivity index (χ0n) is 10.9. The summed E-state index contributed by atoms with van der Waals surface area (Å²) < 4.78 is 0. The van der Waals surface area contributed by atoms with E-state index in [1.165, 1.54) is 0 Å². The number of imidazole rings is 1. The number of H-pyrrole nitrogens is 2. The van der Waals surface area contributed by atoms with Gasteiger partial charge in [-0.15, -0.1) is 0 Å². The molecule has 0 amide bonds. The fourth-order valence-corrected chi connectivity index (χ4v) is 1.91. The van der Waals surface area contributed by atoms with E-state index in [0.717, 1.165) is 22.2 Å². The molecule has 102 valence electrons. The second kappa shape index (κ2) is 4.69. The van der Waals surface area contributed by atoms with Crippen LogP contribution in [-0.4, -0.2) is 19.9 Å². The molecule has 0 bridgehead atoms. The number of hydrogen-bond donors (Lipinski definition) is 4. The Kier molecular flexibility index (Phi) is 2.86. The van der Waals surface area contributed by atoms with Gasteiger partial charge in [0.2, 0.25) is 5.95 Å². The summed E-state index contributed by atoms with van der Waals surface area (Å²) in [5.74, 6) is 0.948. The quantitative estimate of drug-likeness (QED) is 0.570. The van der Waals surface area contributed by atoms with Crippen molar-refractivity contribution in [1.29, 1.82) is 0 Å². The summed E-state index contributed by atoms with van der Waals surface area (Å²) in [6, 6.07) is 5.68. The molecule has 0 radical (unpaired) electrons. The number of nitrogen functional groups attached to an aromatic ring is 1. The minimum Gasteiger partial charge on any atom is -0.383 e. The van der Waals surface area contributed by atoms with E-state index in [1.807, 2.05) is 25.1 Å². The zero-order chi connectivity index (χ0) is 14.1. The van der Waals surface area contributed by atoms with Crippen LogP contribution in [0.2, 0.25) is 0 Å². The molecule has 0 fully saturated rings. The molecule has 7 heteroatoms. The molecule has 5 N–H and O–H groups in total. The first kappa shape index (κ1) is 12.2. The van der Waals surface area contributed by atoms with Crippen molar-refractivity contribution in [2.24, 2.45) is 0 Å². The summed E-state index contributed by atoms with van der Waals surface area (Å²) in [5.41, 5.74) is 8.95. The predicted molar refractivity (Wildman–Crippen MR) is 77.4 cm³/mol. The third-order valence-electron chi connectivity index (χ3n) is 3.04. The third-order valence-corrected chi connectivity index (χ3v) is 3.04. The topological polar surface area (TPSA) is 112 Å². The Morgan fingerprint density at radius 2 is 2.10 bits per heavy atom. The Balaban J connectivity index is 1.78. The van der Waals surface area contributed by atoms with Gasteiger partial charge in [-0.3, -0.25) is 0 Å². The van der Waals surface area contributed by atoms with Gasteiger partial charge in [0.15, 0.2) is 0 Å². The lowest BCUT2D eigenvalue weighted by molar-refractivity contribution is 1.05. The summed E-state index contributed by atoms with van der Waals surface area (Å²) in [4.78, 5) is 24.9. The van der Waals surface area contributed by atoms with E-state index in [1.54, 1.807) is 6.20 Å². The third kappa shape index (κ3) is 2.33. The van der Waals surface area contributed by atoms with Gasteiger partial charge in [-0.25, -0.2) is 9.78 Å². The fourth-order valence-electron chi connectivity index (χ4n) is 1.91. The molecule has 2 heterocycles. The molecule has 3 aromatic rings. The number of rotatable bonds is 3. The SMILES string of the molecule is Cc1cnc(NCc2ccc3[nH]c(=O)[nH]c3c2)nc1N. The first-order chi connectivity index (χ1) is 9.61. The highest BCUT2D eigenvalue weighted by molar-refractivity contribution is 5.75. The molecule has 3 rings (SSSR count). The van der Waals surface area contributed by atoms with E-state index in [9.17, 15) is 4.79 Å². The van der Waals surface area contributed by atoms with E-state index < -0.39 is 0 Å². The molecule has 2 aromatic heterocycles. The molecular weight excluding hydrogens is 256 g/mol. The fraction of sp³-hybridized carbons (Fsp3) is 0.154. The highest BCUT2D eigenvalue weighted by atomic mass is 16.1. The summed E-state index contributed by atoms with van der Waals surface area (Å²) >= 11 is 0. The van der Waals surface area contributed by atoms with E-state index in [2.05, 4.69) is 25.3 Å². The standard InChI is InChI=1S/C13H14N6O/c1-7-5-15-12(19-11(7)14)16-6-8-2-3-9-10(4-8)18-13(20)17-9/h2-5H,6H2,1H3,(H2,17,18,20)(H3,14,15,16,19). The largest absolute Gasteiger partial charge is 0.383 e. The Bertz CT molecular complexity index is 819. The summed E-state index contributed by atoms with van der Waals surface area (Å²) in [6.45, 7) is 2.40. The number of aromatic nitrogens is 4. The molecule has 20 heavy (non-hydrogen) atoms. The minimum absolute atomic E-state index is 0.209. The number of nitrogens with one attached hydrogen (secondary N) is 3. The molecule has 0 aliphatic carbocycles. The van der Waals surface area contributed by atoms with Crippen molar-refractivity contribution in [3.63, 3.8) is 0 Å². The molecule has 0 aliphatic rings. The maximum absolute atomic E-state index is 11.2. The number of nitrogens with zero attached hydrogens (tertiary/aromatic N) is 2. The molecule has 0 aliphatic heterocycles. The number of fused-ring (bicyclic) bond motifs is 1. The molecule has 1 aromatic carbocycles. The highest BCUT2D eigenvalue weighted by Crippen LogP contribution is 2.12. The van der Waals surface area contributed by atoms with Gasteiger partial charge in [-0.2, -0.15) is 4.98 Å². The van der Waals surface area contributed by atoms with E-state index >= 15 is 0 Å². The Morgan fingerprint density at radius 3 is 2.90 bits per heavy atom. The molecule has 7 nitrogen and oxygen atoms in total. The van der Waals surface area contributed by atoms with Crippen LogP contribution in [-0.2, 0) is 6.54 Å². The second-order valence-electron chi connectivity index (χ2n) is 4.57. The van der Waals surface area contributed by atoms with Crippen LogP contribution in [0.5, 0.6) is 0 Å². The highest BCUT2D eigenvalue weighted by Gasteiger charge is 2.02. The Labute approximate surface area is 114 Å². The van der Waals surface area contributed by atoms with Crippen molar-refractivity contribution < 1.29 is 0 Å². The number of aromatic amines is 2. The maximum Gasteiger partial charge on any atom is 0.323 e. The molecule has 0 unspecified atom stereocenters. The van der Waals surface area contributed by atoms with Crippen molar-refractivity contribution in [3.8, 4) is 0 Å². The molecule has 0 atom stereocenters. The lowest BCUT2D eigenvalue weighted by Gasteiger charge is -2.06. The molecule has 0 saturated carbocycles. The predicted octanol–water partition coefficient (Wildman–Crippen LogP) is 1.15. The number of anilines is 2. The van der Waals surface area contributed by atoms with Crippen LogP contribution in [0.3, 0.4) is 0 Å². The summed E-state index contributed by atoms with van der Waals surface area (Å²) in [6.07, 6.45) is 1.68. The van der Waals surface area contributed by atoms with Gasteiger partial charge in [0.25, 0.3) is 0 Å². The van der Waals surface area contributed by atoms with Crippen LogP contribution in [0.25, 0.3) is 11.0 Å². The van der Waals surface area contributed by atoms with Crippen LogP contribution < -0.4 is 16.7 Å². The minimum atomic E-state index is -0.209. The molecular formula is C13H14N6O. The average molecular weight is 270 g/mol. The first-order valence-corrected chi connectivity index (χ1v) is 6.16. The number of nitrogens with two attached hydrogens (primary N) is 1. The van der Waals surface area contributed by atoms with E-state index in [4.69, 9.17) is 5.73 Å². The van der Waals surface area contributed by atoms with E-state index in [0.29, 0.717) is 18.3 Å². The van der Waals surface area contributed by atoms with Gasteiger partial charge in [-0.1, -0.05) is 6.07 Å². The van der Waals surface area contributed by atoms with Crippen molar-refractivity contribution in [3.05, 3.63) is 46.0 Å². The van der Waals surface area contributed by atoms with Crippen LogP contribution in [0.1, 0.15) is 11.1 Å². The second-order valence-corrected chi connectivity index (χ2v) is 4.57. The van der Waals surface area contributed by atoms with Gasteiger partial charge >= 0.3 is 5.69 Å². The average Bonchev–Trinajstić information content (AvgIpc) is 2.79. The van der Waals surface area contributed by atoms with Crippen molar-refractivity contribution in [2.45, 2.75) is 13.5 Å². The van der Waals surface area contributed by atoms with Gasteiger partial charge in [0.05, 0.1) is 11.0 Å². The monoisotopic (exact) mass is 270 g/mol.